The number of amides is 3. The number of aryl methyl sites for hydroxylation is 2. The van der Waals surface area contributed by atoms with Gasteiger partial charge in [0.25, 0.3) is 5.91 Å². The molecule has 3 amide bonds. The van der Waals surface area contributed by atoms with Crippen LogP contribution >= 0.6 is 0 Å². The summed E-state index contributed by atoms with van der Waals surface area (Å²) in [6, 6.07) is 13.8. The lowest BCUT2D eigenvalue weighted by Gasteiger charge is -2.32. The molecule has 0 radical (unpaired) electrons. The van der Waals surface area contributed by atoms with Crippen LogP contribution in [0.15, 0.2) is 54.6 Å². The van der Waals surface area contributed by atoms with Gasteiger partial charge >= 0.3 is 5.97 Å². The number of fused-ring (bicyclic) bond motifs is 5. The Labute approximate surface area is 400 Å². The number of likely N-dealkylation sites (N-methyl/N-ethyl adjacent to an activating group) is 1. The Morgan fingerprint density at radius 2 is 1.50 bits per heavy atom. The van der Waals surface area contributed by atoms with Gasteiger partial charge in [-0.05, 0) is 85.7 Å². The van der Waals surface area contributed by atoms with Crippen LogP contribution in [0.2, 0.25) is 0 Å². The third kappa shape index (κ3) is 15.5. The fraction of sp³-hybridized carbons (Fsp3) is 0.519. The van der Waals surface area contributed by atoms with E-state index in [4.69, 9.17) is 26.7 Å². The van der Waals surface area contributed by atoms with Gasteiger partial charge in [0, 0.05) is 80.8 Å². The summed E-state index contributed by atoms with van der Waals surface area (Å²) < 4.78 is 12.3. The van der Waals surface area contributed by atoms with Crippen molar-refractivity contribution in [1.29, 1.82) is 0 Å². The maximum Gasteiger partial charge on any atom is 0.329 e. The minimum atomic E-state index is -1.25. The van der Waals surface area contributed by atoms with Crippen LogP contribution in [0, 0.1) is 24.7 Å². The van der Waals surface area contributed by atoms with Crippen LogP contribution < -0.4 is 37.5 Å². The van der Waals surface area contributed by atoms with Gasteiger partial charge in [-0.2, -0.15) is 5.48 Å². The van der Waals surface area contributed by atoms with Crippen molar-refractivity contribution in [3.8, 4) is 22.6 Å². The Bertz CT molecular complexity index is 2250. The number of carbonyl (C=O) groups excluding carboxylic acids is 7. The predicted octanol–water partition coefficient (Wildman–Crippen LogP) is 5.41. The molecule has 3 aromatic rings. The largest absolute Gasteiger partial charge is 0.492 e. The fourth-order valence-electron chi connectivity index (χ4n) is 8.51. The number of nitrogens with zero attached hydrogens (tertiary/aromatic N) is 1. The number of nitrogens with one attached hydrogen (secondary N) is 2. The van der Waals surface area contributed by atoms with E-state index in [1.54, 1.807) is 43.3 Å². The van der Waals surface area contributed by atoms with Crippen molar-refractivity contribution in [3.63, 3.8) is 0 Å². The monoisotopic (exact) mass is 941 g/mol. The van der Waals surface area contributed by atoms with E-state index >= 15 is 0 Å². The summed E-state index contributed by atoms with van der Waals surface area (Å²) in [6.45, 7) is 9.04. The summed E-state index contributed by atoms with van der Waals surface area (Å²) >= 11 is 0. The van der Waals surface area contributed by atoms with Gasteiger partial charge in [-0.1, -0.05) is 76.8 Å². The second-order valence-electron chi connectivity index (χ2n) is 17.9. The molecule has 0 aliphatic carbocycles. The Balaban J connectivity index is 1.78. The van der Waals surface area contributed by atoms with Crippen molar-refractivity contribution in [2.24, 2.45) is 35.0 Å². The van der Waals surface area contributed by atoms with Crippen LogP contribution in [0.3, 0.4) is 0 Å². The first-order valence-electron chi connectivity index (χ1n) is 23.9. The van der Waals surface area contributed by atoms with Gasteiger partial charge in [-0.25, -0.2) is 0 Å². The number of rotatable bonds is 23. The van der Waals surface area contributed by atoms with Gasteiger partial charge in [-0.3, -0.25) is 33.6 Å². The molecule has 8 N–H and O–H groups in total. The molecule has 16 heteroatoms. The number of ketones is 3. The summed E-state index contributed by atoms with van der Waals surface area (Å²) in [5, 5.41) is 2.83. The number of hydrogen-bond acceptors (Lipinski definition) is 13. The van der Waals surface area contributed by atoms with Crippen LogP contribution in [0.5, 0.6) is 11.5 Å². The number of hydrogen-bond donors (Lipinski definition) is 5. The summed E-state index contributed by atoms with van der Waals surface area (Å²) in [6.07, 6.45) is 6.10. The smallest absolute Gasteiger partial charge is 0.329 e. The predicted molar refractivity (Wildman–Crippen MR) is 259 cm³/mol. The lowest BCUT2D eigenvalue weighted by molar-refractivity contribution is -0.157. The topological polar surface area (TPSA) is 253 Å². The zero-order valence-corrected chi connectivity index (χ0v) is 40.7. The third-order valence-electron chi connectivity index (χ3n) is 12.3. The number of unbranched alkanes of at least 4 members (excludes halogenated alkanes) is 4. The summed E-state index contributed by atoms with van der Waals surface area (Å²) in [5.74, 6) is -5.69. The first-order chi connectivity index (χ1) is 32.5. The number of nitrogens with two attached hydrogens (primary N) is 3. The van der Waals surface area contributed by atoms with E-state index in [0.29, 0.717) is 39.3 Å². The standard InChI is InChI=1S/C52H72N6O10/c1-7-8-9-10-11-12-36-13-16-40(32(2)25-36)44(60)31-39(19-20-53)52(65)58(6)49-38-15-18-48(67-24-22-55)42(30-38)41-28-37(14-17-47(41)66-23-21-54)29-43(56-50(63)33(3)27-46(49)62)45(61)26-34(4)51(64)57-68-35(5)59/h13-18,25,28,30,33-34,39,43,49H,7-12,19-24,26-27,29,31,53-55H2,1-6H3,(H,56,63)(H,57,64)/t33-,34-,39-,43+,49+/m1/s1. The number of hydroxylamine groups is 1. The van der Waals surface area contributed by atoms with Gasteiger partial charge in [-0.15, -0.1) is 0 Å². The summed E-state index contributed by atoms with van der Waals surface area (Å²) in [5.41, 5.74) is 24.4. The van der Waals surface area contributed by atoms with Gasteiger partial charge < -0.3 is 41.7 Å². The maximum atomic E-state index is 14.8. The van der Waals surface area contributed by atoms with Crippen LogP contribution in [0.4, 0.5) is 0 Å². The van der Waals surface area contributed by atoms with E-state index < -0.39 is 65.1 Å². The number of benzene rings is 3. The van der Waals surface area contributed by atoms with Crippen molar-refractivity contribution in [3.05, 3.63) is 82.4 Å². The summed E-state index contributed by atoms with van der Waals surface area (Å²) in [7, 11) is 1.51. The highest BCUT2D eigenvalue weighted by Gasteiger charge is 2.36. The zero-order valence-electron chi connectivity index (χ0n) is 40.7. The van der Waals surface area contributed by atoms with Gasteiger partial charge in [0.2, 0.25) is 11.8 Å². The highest BCUT2D eigenvalue weighted by Crippen LogP contribution is 2.41. The van der Waals surface area contributed by atoms with E-state index in [9.17, 15) is 33.6 Å². The van der Waals surface area contributed by atoms with Crippen LogP contribution in [-0.4, -0.2) is 91.9 Å². The minimum Gasteiger partial charge on any atom is -0.492 e. The fourth-order valence-corrected chi connectivity index (χ4v) is 8.51. The second kappa shape index (κ2) is 27.1. The maximum absolute atomic E-state index is 14.8. The molecule has 0 saturated heterocycles. The van der Waals surface area contributed by atoms with E-state index in [1.165, 1.54) is 38.1 Å². The second-order valence-corrected chi connectivity index (χ2v) is 17.9. The van der Waals surface area contributed by atoms with Gasteiger partial charge in [0.1, 0.15) is 30.8 Å². The quantitative estimate of drug-likeness (QED) is 0.0454. The van der Waals surface area contributed by atoms with Crippen molar-refractivity contribution < 1.29 is 47.9 Å². The highest BCUT2D eigenvalue weighted by molar-refractivity contribution is 6.01. The lowest BCUT2D eigenvalue weighted by Crippen LogP contribution is -2.46. The average Bonchev–Trinajstić information content (AvgIpc) is 3.31. The zero-order chi connectivity index (χ0) is 49.9. The van der Waals surface area contributed by atoms with Gasteiger partial charge in [0.05, 0.1) is 6.04 Å². The van der Waals surface area contributed by atoms with Crippen molar-refractivity contribution in [1.82, 2.24) is 15.7 Å². The van der Waals surface area contributed by atoms with Crippen molar-refractivity contribution >= 4 is 41.0 Å². The van der Waals surface area contributed by atoms with Crippen LogP contribution in [-0.2, 0) is 46.4 Å². The molecule has 1 aliphatic heterocycles. The number of Topliss-reactive ketones (excluding diaryl/α,β-unsaturated/α-hetero) is 3. The first-order valence-corrected chi connectivity index (χ1v) is 23.9. The highest BCUT2D eigenvalue weighted by atomic mass is 16.7. The molecule has 370 valence electrons. The van der Waals surface area contributed by atoms with Crippen LogP contribution in [0.25, 0.3) is 11.1 Å². The first kappa shape index (κ1) is 54.6. The molecule has 16 nitrogen and oxygen atoms in total. The van der Waals surface area contributed by atoms with Crippen molar-refractivity contribution in [2.75, 3.05) is 39.9 Å². The molecule has 0 saturated carbocycles. The molecule has 5 atom stereocenters. The summed E-state index contributed by atoms with van der Waals surface area (Å²) in [4.78, 5) is 102. The molecule has 0 aromatic heterocycles. The molecule has 0 fully saturated rings. The molecule has 4 bridgehead atoms. The molecule has 3 aromatic carbocycles. The Hall–Kier alpha value is -5.97. The number of carbonyl (C=O) groups is 7. The Morgan fingerprint density at radius 1 is 0.838 bits per heavy atom. The molecular weight excluding hydrogens is 869 g/mol. The molecule has 1 aliphatic rings. The van der Waals surface area contributed by atoms with Crippen LogP contribution in [0.1, 0.15) is 124 Å². The molecular formula is C52H72N6O10. The van der Waals surface area contributed by atoms with E-state index in [1.807, 2.05) is 30.6 Å². The number of ether oxygens (including phenoxy) is 2. The van der Waals surface area contributed by atoms with E-state index in [0.717, 1.165) is 37.3 Å². The van der Waals surface area contributed by atoms with E-state index in [-0.39, 0.29) is 70.7 Å². The normalized spacial score (nSPS) is 16.9. The molecule has 0 unspecified atom stereocenters. The third-order valence-corrected chi connectivity index (χ3v) is 12.3. The SMILES string of the molecule is CCCCCCCc1ccc(C(=O)C[C@@H](CCN)C(=O)N(C)[C@@H]2C(=O)C[C@@H](C)C(=O)N[C@H](C(=O)C[C@@H](C)C(=O)NOC(C)=O)Cc3ccc(OCCN)c(c3)-c3cc2ccc3OCCN)c(C)c1. The van der Waals surface area contributed by atoms with Gasteiger partial charge in [0.15, 0.2) is 17.3 Å². The van der Waals surface area contributed by atoms with E-state index in [2.05, 4.69) is 17.1 Å². The molecule has 1 heterocycles. The molecule has 68 heavy (non-hydrogen) atoms. The lowest BCUT2D eigenvalue weighted by atomic mass is 9.87. The average molecular weight is 941 g/mol. The molecule has 4 rings (SSSR count). The Morgan fingerprint density at radius 3 is 2.13 bits per heavy atom. The Kier molecular flexibility index (Phi) is 21.8. The van der Waals surface area contributed by atoms with Crippen molar-refractivity contribution in [2.45, 2.75) is 117 Å². The molecule has 0 spiro atoms. The minimum absolute atomic E-state index is 0.00369.